The molecule has 2 unspecified atom stereocenters. The lowest BCUT2D eigenvalue weighted by Gasteiger charge is -2.13. The molecule has 0 bridgehead atoms. The van der Waals surface area contributed by atoms with Gasteiger partial charge in [-0.15, -0.1) is 12.4 Å². The Morgan fingerprint density at radius 3 is 2.62 bits per heavy atom. The minimum Gasteiger partial charge on any atom is -0.326 e. The highest BCUT2D eigenvalue weighted by molar-refractivity contribution is 9.10. The SMILES string of the molecule is CC1CN(Cc2cnn(-c3ccc(Br)cc3)c2)CC1N.Cl. The van der Waals surface area contributed by atoms with Gasteiger partial charge in [0.2, 0.25) is 0 Å². The molecule has 2 heterocycles. The van der Waals surface area contributed by atoms with E-state index < -0.39 is 0 Å². The van der Waals surface area contributed by atoms with Crippen LogP contribution in [-0.2, 0) is 6.54 Å². The summed E-state index contributed by atoms with van der Waals surface area (Å²) in [6.45, 7) is 5.19. The number of likely N-dealkylation sites (tertiary alicyclic amines) is 1. The van der Waals surface area contributed by atoms with E-state index in [9.17, 15) is 0 Å². The molecule has 1 fully saturated rings. The molecule has 2 atom stereocenters. The minimum absolute atomic E-state index is 0. The summed E-state index contributed by atoms with van der Waals surface area (Å²) in [5.41, 5.74) is 8.37. The van der Waals surface area contributed by atoms with Gasteiger partial charge in [0, 0.05) is 41.9 Å². The molecule has 1 aromatic heterocycles. The Hall–Kier alpha value is -0.880. The van der Waals surface area contributed by atoms with Crippen molar-refractivity contribution in [3.63, 3.8) is 0 Å². The second-order valence-electron chi connectivity index (χ2n) is 5.60. The number of hydrogen-bond acceptors (Lipinski definition) is 3. The Balaban J connectivity index is 0.00000161. The summed E-state index contributed by atoms with van der Waals surface area (Å²) in [7, 11) is 0. The van der Waals surface area contributed by atoms with Crippen molar-refractivity contribution >= 4 is 28.3 Å². The van der Waals surface area contributed by atoms with E-state index in [-0.39, 0.29) is 12.4 Å². The van der Waals surface area contributed by atoms with Crippen LogP contribution in [0.1, 0.15) is 12.5 Å². The number of hydrogen-bond donors (Lipinski definition) is 1. The summed E-state index contributed by atoms with van der Waals surface area (Å²) in [5, 5.41) is 4.44. The van der Waals surface area contributed by atoms with E-state index >= 15 is 0 Å². The van der Waals surface area contributed by atoms with Crippen molar-refractivity contribution < 1.29 is 0 Å². The lowest BCUT2D eigenvalue weighted by atomic mass is 10.1. The van der Waals surface area contributed by atoms with Crippen LogP contribution in [0.5, 0.6) is 0 Å². The Kier molecular flexibility index (Phi) is 5.43. The molecule has 21 heavy (non-hydrogen) atoms. The maximum Gasteiger partial charge on any atom is 0.0646 e. The van der Waals surface area contributed by atoms with Crippen molar-refractivity contribution in [1.29, 1.82) is 0 Å². The first-order valence-corrected chi connectivity index (χ1v) is 7.68. The largest absolute Gasteiger partial charge is 0.326 e. The fourth-order valence-corrected chi connectivity index (χ4v) is 2.92. The first-order chi connectivity index (χ1) is 9.61. The number of halogens is 2. The maximum atomic E-state index is 6.07. The van der Waals surface area contributed by atoms with Gasteiger partial charge in [0.1, 0.15) is 0 Å². The summed E-state index contributed by atoms with van der Waals surface area (Å²) >= 11 is 3.44. The van der Waals surface area contributed by atoms with Gasteiger partial charge in [0.25, 0.3) is 0 Å². The Bertz CT molecular complexity index is 574. The molecule has 1 aliphatic heterocycles. The number of benzene rings is 1. The van der Waals surface area contributed by atoms with Gasteiger partial charge in [-0.05, 0) is 30.2 Å². The third kappa shape index (κ3) is 3.86. The minimum atomic E-state index is 0. The summed E-state index contributed by atoms with van der Waals surface area (Å²) < 4.78 is 3.00. The molecule has 3 rings (SSSR count). The molecule has 0 aliphatic carbocycles. The lowest BCUT2D eigenvalue weighted by molar-refractivity contribution is 0.319. The molecule has 0 spiro atoms. The van der Waals surface area contributed by atoms with E-state index in [4.69, 9.17) is 5.73 Å². The topological polar surface area (TPSA) is 47.1 Å². The van der Waals surface area contributed by atoms with Gasteiger partial charge in [0.05, 0.1) is 11.9 Å². The summed E-state index contributed by atoms with van der Waals surface area (Å²) in [6, 6.07) is 8.45. The highest BCUT2D eigenvalue weighted by Gasteiger charge is 2.26. The molecule has 1 aromatic carbocycles. The van der Waals surface area contributed by atoms with Crippen LogP contribution < -0.4 is 5.73 Å². The standard InChI is InChI=1S/C15H19BrN4.ClH/c1-11-7-19(10-15(11)17)8-12-6-18-20(9-12)14-4-2-13(16)3-5-14;/h2-6,9,11,15H,7-8,10,17H2,1H3;1H. The zero-order valence-corrected chi connectivity index (χ0v) is 14.3. The molecule has 6 heteroatoms. The van der Waals surface area contributed by atoms with Gasteiger partial charge in [-0.25, -0.2) is 4.68 Å². The van der Waals surface area contributed by atoms with Crippen molar-refractivity contribution in [3.05, 3.63) is 46.7 Å². The van der Waals surface area contributed by atoms with E-state index in [2.05, 4.69) is 51.2 Å². The van der Waals surface area contributed by atoms with E-state index in [1.807, 2.05) is 23.0 Å². The second-order valence-corrected chi connectivity index (χ2v) is 6.52. The Labute approximate surface area is 139 Å². The van der Waals surface area contributed by atoms with Crippen molar-refractivity contribution in [2.45, 2.75) is 19.5 Å². The molecule has 0 radical (unpaired) electrons. The molecule has 1 saturated heterocycles. The van der Waals surface area contributed by atoms with Gasteiger partial charge < -0.3 is 5.73 Å². The highest BCUT2D eigenvalue weighted by Crippen LogP contribution is 2.18. The highest BCUT2D eigenvalue weighted by atomic mass is 79.9. The van der Waals surface area contributed by atoms with Crippen LogP contribution in [-0.4, -0.2) is 33.8 Å². The van der Waals surface area contributed by atoms with Crippen LogP contribution in [0.25, 0.3) is 5.69 Å². The van der Waals surface area contributed by atoms with Crippen molar-refractivity contribution in [3.8, 4) is 5.69 Å². The van der Waals surface area contributed by atoms with E-state index in [0.29, 0.717) is 12.0 Å². The summed E-state index contributed by atoms with van der Waals surface area (Å²) in [4.78, 5) is 2.40. The predicted molar refractivity (Wildman–Crippen MR) is 90.9 cm³/mol. The first kappa shape index (κ1) is 16.5. The van der Waals surface area contributed by atoms with E-state index in [1.54, 1.807) is 0 Å². The van der Waals surface area contributed by atoms with Gasteiger partial charge in [-0.2, -0.15) is 5.10 Å². The molecule has 2 aromatic rings. The van der Waals surface area contributed by atoms with E-state index in [1.165, 1.54) is 5.56 Å². The van der Waals surface area contributed by atoms with Crippen LogP contribution in [0.2, 0.25) is 0 Å². The summed E-state index contributed by atoms with van der Waals surface area (Å²) in [5.74, 6) is 0.580. The fourth-order valence-electron chi connectivity index (χ4n) is 2.66. The quantitative estimate of drug-likeness (QED) is 0.902. The fraction of sp³-hybridized carbons (Fsp3) is 0.400. The van der Waals surface area contributed by atoms with Crippen LogP contribution in [0, 0.1) is 5.92 Å². The average molecular weight is 372 g/mol. The zero-order valence-electron chi connectivity index (χ0n) is 11.9. The molecular formula is C15H20BrClN4. The monoisotopic (exact) mass is 370 g/mol. The molecule has 1 aliphatic rings. The van der Waals surface area contributed by atoms with Gasteiger partial charge in [-0.3, -0.25) is 4.90 Å². The van der Waals surface area contributed by atoms with E-state index in [0.717, 1.165) is 29.8 Å². The van der Waals surface area contributed by atoms with Crippen LogP contribution >= 0.6 is 28.3 Å². The van der Waals surface area contributed by atoms with Crippen molar-refractivity contribution in [1.82, 2.24) is 14.7 Å². The van der Waals surface area contributed by atoms with Crippen molar-refractivity contribution in [2.24, 2.45) is 11.7 Å². The van der Waals surface area contributed by atoms with Crippen LogP contribution in [0.15, 0.2) is 41.1 Å². The third-order valence-electron chi connectivity index (χ3n) is 3.88. The molecular weight excluding hydrogens is 352 g/mol. The molecule has 4 nitrogen and oxygen atoms in total. The molecule has 0 amide bonds. The first-order valence-electron chi connectivity index (χ1n) is 6.89. The second kappa shape index (κ2) is 6.92. The Morgan fingerprint density at radius 2 is 2.00 bits per heavy atom. The van der Waals surface area contributed by atoms with Gasteiger partial charge >= 0.3 is 0 Å². The zero-order chi connectivity index (χ0) is 14.1. The number of nitrogens with two attached hydrogens (primary N) is 1. The van der Waals surface area contributed by atoms with Gasteiger partial charge in [-0.1, -0.05) is 22.9 Å². The molecule has 0 saturated carbocycles. The molecule has 2 N–H and O–H groups in total. The van der Waals surface area contributed by atoms with Crippen LogP contribution in [0.4, 0.5) is 0 Å². The number of nitrogens with zero attached hydrogens (tertiary/aromatic N) is 3. The van der Waals surface area contributed by atoms with Crippen LogP contribution in [0.3, 0.4) is 0 Å². The number of aromatic nitrogens is 2. The lowest BCUT2D eigenvalue weighted by Crippen LogP contribution is -2.28. The Morgan fingerprint density at radius 1 is 1.29 bits per heavy atom. The third-order valence-corrected chi connectivity index (χ3v) is 4.41. The number of rotatable bonds is 3. The molecule has 114 valence electrons. The van der Waals surface area contributed by atoms with Gasteiger partial charge in [0.15, 0.2) is 0 Å². The summed E-state index contributed by atoms with van der Waals surface area (Å²) in [6.07, 6.45) is 4.04. The van der Waals surface area contributed by atoms with Crippen molar-refractivity contribution in [2.75, 3.05) is 13.1 Å². The normalized spacial score (nSPS) is 22.2. The maximum absolute atomic E-state index is 6.07. The smallest absolute Gasteiger partial charge is 0.0646 e. The predicted octanol–water partition coefficient (Wildman–Crippen LogP) is 2.84. The average Bonchev–Trinajstić information content (AvgIpc) is 2.99.